The van der Waals surface area contributed by atoms with E-state index in [-0.39, 0.29) is 24.0 Å². The molecule has 0 atom stereocenters. The Labute approximate surface area is 176 Å². The Balaban J connectivity index is 1.40. The molecule has 0 aromatic heterocycles. The van der Waals surface area contributed by atoms with Gasteiger partial charge in [0.15, 0.2) is 17.3 Å². The molecule has 0 fully saturated rings. The molecule has 3 aromatic rings. The Morgan fingerprint density at radius 2 is 1.68 bits per heavy atom. The molecule has 1 aliphatic heterocycles. The highest BCUT2D eigenvalue weighted by Gasteiger charge is 2.17. The molecule has 1 aliphatic rings. The lowest BCUT2D eigenvalue weighted by Crippen LogP contribution is -2.08. The SMILES string of the molecule is O=C(/C=C/c1cccc([N+](=O)[O-])c1)c1ccc(OC(=O)c2ccc3c(c2)OCO3)cc1. The summed E-state index contributed by atoms with van der Waals surface area (Å²) in [6.45, 7) is 0.110. The fourth-order valence-corrected chi connectivity index (χ4v) is 2.89. The van der Waals surface area contributed by atoms with E-state index in [0.29, 0.717) is 28.2 Å². The summed E-state index contributed by atoms with van der Waals surface area (Å²) in [6, 6.07) is 16.8. The van der Waals surface area contributed by atoms with Gasteiger partial charge in [-0.25, -0.2) is 4.79 Å². The van der Waals surface area contributed by atoms with E-state index < -0.39 is 10.9 Å². The van der Waals surface area contributed by atoms with E-state index in [4.69, 9.17) is 14.2 Å². The van der Waals surface area contributed by atoms with Crippen LogP contribution in [0.25, 0.3) is 6.08 Å². The first-order chi connectivity index (χ1) is 15.0. The number of hydrogen-bond acceptors (Lipinski definition) is 7. The average molecular weight is 417 g/mol. The number of esters is 1. The number of ketones is 1. The van der Waals surface area contributed by atoms with Crippen LogP contribution in [0, 0.1) is 10.1 Å². The van der Waals surface area contributed by atoms with Crippen LogP contribution in [0.3, 0.4) is 0 Å². The third-order valence-corrected chi connectivity index (χ3v) is 4.47. The summed E-state index contributed by atoms with van der Waals surface area (Å²) in [4.78, 5) is 35.0. The highest BCUT2D eigenvalue weighted by Crippen LogP contribution is 2.32. The molecule has 0 saturated heterocycles. The minimum absolute atomic E-state index is 0.0526. The Kier molecular flexibility index (Phi) is 5.44. The Bertz CT molecular complexity index is 1200. The van der Waals surface area contributed by atoms with E-state index in [0.717, 1.165) is 0 Å². The van der Waals surface area contributed by atoms with E-state index >= 15 is 0 Å². The molecular formula is C23H15NO7. The molecule has 0 amide bonds. The minimum atomic E-state index is -0.567. The van der Waals surface area contributed by atoms with E-state index in [1.165, 1.54) is 48.6 Å². The molecule has 154 valence electrons. The Hall–Kier alpha value is -4.46. The smallest absolute Gasteiger partial charge is 0.343 e. The van der Waals surface area contributed by atoms with Crippen LogP contribution in [-0.4, -0.2) is 23.5 Å². The quantitative estimate of drug-likeness (QED) is 0.146. The zero-order valence-electron chi connectivity index (χ0n) is 16.0. The van der Waals surface area contributed by atoms with Crippen molar-refractivity contribution >= 4 is 23.5 Å². The highest BCUT2D eigenvalue weighted by molar-refractivity contribution is 6.07. The van der Waals surface area contributed by atoms with Crippen LogP contribution >= 0.6 is 0 Å². The van der Waals surface area contributed by atoms with Gasteiger partial charge in [0.05, 0.1) is 10.5 Å². The number of carbonyl (C=O) groups excluding carboxylic acids is 2. The summed E-state index contributed by atoms with van der Waals surface area (Å²) in [5, 5.41) is 10.8. The number of benzene rings is 3. The van der Waals surface area contributed by atoms with Crippen molar-refractivity contribution in [1.29, 1.82) is 0 Å². The van der Waals surface area contributed by atoms with Gasteiger partial charge in [0.2, 0.25) is 6.79 Å². The summed E-state index contributed by atoms with van der Waals surface area (Å²) in [7, 11) is 0. The van der Waals surface area contributed by atoms with Crippen molar-refractivity contribution in [2.75, 3.05) is 6.79 Å². The monoisotopic (exact) mass is 417 g/mol. The lowest BCUT2D eigenvalue weighted by atomic mass is 10.1. The van der Waals surface area contributed by atoms with Gasteiger partial charge in [0.1, 0.15) is 5.75 Å². The predicted octanol–water partition coefficient (Wildman–Crippen LogP) is 4.44. The van der Waals surface area contributed by atoms with E-state index in [2.05, 4.69) is 0 Å². The van der Waals surface area contributed by atoms with Crippen LogP contribution in [0.4, 0.5) is 5.69 Å². The molecular weight excluding hydrogens is 402 g/mol. The molecule has 4 rings (SSSR count). The molecule has 0 spiro atoms. The number of rotatable bonds is 6. The number of ether oxygens (including phenoxy) is 3. The van der Waals surface area contributed by atoms with Gasteiger partial charge >= 0.3 is 5.97 Å². The maximum Gasteiger partial charge on any atom is 0.343 e. The first-order valence-corrected chi connectivity index (χ1v) is 9.18. The second-order valence-corrected chi connectivity index (χ2v) is 6.53. The van der Waals surface area contributed by atoms with Crippen molar-refractivity contribution in [3.8, 4) is 17.2 Å². The molecule has 0 bridgehead atoms. The fraction of sp³-hybridized carbons (Fsp3) is 0.0435. The lowest BCUT2D eigenvalue weighted by Gasteiger charge is -2.06. The van der Waals surface area contributed by atoms with E-state index in [9.17, 15) is 19.7 Å². The number of non-ortho nitro benzene ring substituents is 1. The third kappa shape index (κ3) is 4.59. The van der Waals surface area contributed by atoms with E-state index in [1.807, 2.05) is 0 Å². The largest absolute Gasteiger partial charge is 0.454 e. The zero-order chi connectivity index (χ0) is 21.8. The normalized spacial score (nSPS) is 12.0. The van der Waals surface area contributed by atoms with Gasteiger partial charge in [-0.05, 0) is 54.1 Å². The van der Waals surface area contributed by atoms with Gasteiger partial charge in [0.25, 0.3) is 5.69 Å². The minimum Gasteiger partial charge on any atom is -0.454 e. The number of hydrogen-bond donors (Lipinski definition) is 0. The summed E-state index contributed by atoms with van der Waals surface area (Å²) >= 11 is 0. The predicted molar refractivity (Wildman–Crippen MR) is 110 cm³/mol. The maximum atomic E-state index is 12.3. The van der Waals surface area contributed by atoms with Crippen molar-refractivity contribution in [2.24, 2.45) is 0 Å². The number of nitro groups is 1. The van der Waals surface area contributed by atoms with Crippen LogP contribution in [0.2, 0.25) is 0 Å². The molecule has 3 aromatic carbocycles. The van der Waals surface area contributed by atoms with E-state index in [1.54, 1.807) is 30.3 Å². The van der Waals surface area contributed by atoms with Crippen LogP contribution in [0.1, 0.15) is 26.3 Å². The molecule has 0 aliphatic carbocycles. The van der Waals surface area contributed by atoms with Crippen molar-refractivity contribution in [3.05, 3.63) is 99.6 Å². The van der Waals surface area contributed by atoms with Crippen molar-refractivity contribution in [3.63, 3.8) is 0 Å². The first kappa shape index (κ1) is 19.8. The standard InChI is InChI=1S/C23H15NO7/c25-20(10-4-15-2-1-3-18(12-15)24(27)28)16-5-8-19(9-6-16)31-23(26)17-7-11-21-22(13-17)30-14-29-21/h1-13H,14H2/b10-4+. The Morgan fingerprint density at radius 3 is 2.45 bits per heavy atom. The van der Waals surface area contributed by atoms with Gasteiger partial charge in [-0.2, -0.15) is 0 Å². The molecule has 0 unspecified atom stereocenters. The second-order valence-electron chi connectivity index (χ2n) is 6.53. The fourth-order valence-electron chi connectivity index (χ4n) is 2.89. The molecule has 0 saturated carbocycles. The second kappa shape index (κ2) is 8.50. The summed E-state index contributed by atoms with van der Waals surface area (Å²) in [6.07, 6.45) is 2.83. The summed E-state index contributed by atoms with van der Waals surface area (Å²) in [5.41, 5.74) is 1.17. The van der Waals surface area contributed by atoms with Gasteiger partial charge < -0.3 is 14.2 Å². The van der Waals surface area contributed by atoms with Crippen molar-refractivity contribution in [1.82, 2.24) is 0 Å². The van der Waals surface area contributed by atoms with Crippen molar-refractivity contribution in [2.45, 2.75) is 0 Å². The van der Waals surface area contributed by atoms with Gasteiger partial charge in [-0.1, -0.05) is 18.2 Å². The topological polar surface area (TPSA) is 105 Å². The molecule has 8 nitrogen and oxygen atoms in total. The number of nitro benzene ring substituents is 1. The average Bonchev–Trinajstić information content (AvgIpc) is 3.26. The van der Waals surface area contributed by atoms with Crippen LogP contribution in [0.5, 0.6) is 17.2 Å². The highest BCUT2D eigenvalue weighted by atomic mass is 16.7. The van der Waals surface area contributed by atoms with Crippen LogP contribution in [0.15, 0.2) is 72.8 Å². The molecule has 31 heavy (non-hydrogen) atoms. The lowest BCUT2D eigenvalue weighted by molar-refractivity contribution is -0.384. The van der Waals surface area contributed by atoms with Crippen molar-refractivity contribution < 1.29 is 28.7 Å². The number of carbonyl (C=O) groups is 2. The molecule has 0 N–H and O–H groups in total. The van der Waals surface area contributed by atoms with Gasteiger partial charge in [0, 0.05) is 17.7 Å². The maximum absolute atomic E-state index is 12.3. The molecule has 0 radical (unpaired) electrons. The van der Waals surface area contributed by atoms with Crippen LogP contribution < -0.4 is 14.2 Å². The number of nitrogens with zero attached hydrogens (tertiary/aromatic N) is 1. The van der Waals surface area contributed by atoms with Gasteiger partial charge in [-0.3, -0.25) is 14.9 Å². The Morgan fingerprint density at radius 1 is 0.935 bits per heavy atom. The van der Waals surface area contributed by atoms with Gasteiger partial charge in [-0.15, -0.1) is 0 Å². The zero-order valence-corrected chi connectivity index (χ0v) is 16.0. The first-order valence-electron chi connectivity index (χ1n) is 9.18. The molecule has 8 heteroatoms. The number of fused-ring (bicyclic) bond motifs is 1. The molecule has 1 heterocycles. The van der Waals surface area contributed by atoms with Crippen LogP contribution in [-0.2, 0) is 0 Å². The summed E-state index contributed by atoms with van der Waals surface area (Å²) < 4.78 is 15.8. The number of allylic oxidation sites excluding steroid dienone is 1. The third-order valence-electron chi connectivity index (χ3n) is 4.47. The summed E-state index contributed by atoms with van der Waals surface area (Å²) in [5.74, 6) is 0.466.